The summed E-state index contributed by atoms with van der Waals surface area (Å²) in [6, 6.07) is 7.99. The molecule has 1 fully saturated rings. The van der Waals surface area contributed by atoms with Gasteiger partial charge in [0.25, 0.3) is 0 Å². The third kappa shape index (κ3) is 4.62. The Hall–Kier alpha value is -2.80. The maximum Gasteiger partial charge on any atom is 0.154 e. The molecule has 4 heterocycles. The summed E-state index contributed by atoms with van der Waals surface area (Å²) in [6.07, 6.45) is 6.33. The average Bonchev–Trinajstić information content (AvgIpc) is 2.69. The summed E-state index contributed by atoms with van der Waals surface area (Å²) < 4.78 is 5.87. The molecule has 0 radical (unpaired) electrons. The summed E-state index contributed by atoms with van der Waals surface area (Å²) in [5.74, 6) is 1.83. The van der Waals surface area contributed by atoms with E-state index in [1.54, 1.807) is 6.20 Å². The number of hydrogen-bond acceptors (Lipinski definition) is 7. The van der Waals surface area contributed by atoms with Gasteiger partial charge in [-0.05, 0) is 42.2 Å². The molecule has 3 aromatic heterocycles. The Morgan fingerprint density at radius 2 is 2.00 bits per heavy atom. The fraction of sp³-hybridized carbons (Fsp3) is 0.455. The van der Waals surface area contributed by atoms with Crippen molar-refractivity contribution in [1.82, 2.24) is 20.2 Å². The predicted molar refractivity (Wildman–Crippen MR) is 116 cm³/mol. The van der Waals surface area contributed by atoms with Gasteiger partial charge in [0, 0.05) is 19.7 Å². The zero-order chi connectivity index (χ0) is 20.2. The van der Waals surface area contributed by atoms with Crippen LogP contribution in [0, 0.1) is 0 Å². The van der Waals surface area contributed by atoms with Crippen LogP contribution in [0.5, 0.6) is 0 Å². The second-order valence-corrected chi connectivity index (χ2v) is 7.83. The van der Waals surface area contributed by atoms with E-state index in [1.165, 1.54) is 6.42 Å². The summed E-state index contributed by atoms with van der Waals surface area (Å²) in [4.78, 5) is 11.6. The van der Waals surface area contributed by atoms with Crippen molar-refractivity contribution in [2.45, 2.75) is 45.6 Å². The number of pyridine rings is 2. The molecule has 0 aliphatic carbocycles. The number of nitrogens with one attached hydrogen (secondary N) is 1. The second kappa shape index (κ2) is 8.69. The van der Waals surface area contributed by atoms with E-state index >= 15 is 0 Å². The topological polar surface area (TPSA) is 76.1 Å². The summed E-state index contributed by atoms with van der Waals surface area (Å²) in [5, 5.41) is 11.5. The van der Waals surface area contributed by atoms with Crippen LogP contribution in [0.3, 0.4) is 0 Å². The van der Waals surface area contributed by atoms with E-state index in [-0.39, 0.29) is 0 Å². The minimum Gasteiger partial charge on any atom is -0.375 e. The van der Waals surface area contributed by atoms with Gasteiger partial charge in [-0.2, -0.15) is 5.10 Å². The van der Waals surface area contributed by atoms with Gasteiger partial charge in [-0.3, -0.25) is 4.98 Å². The van der Waals surface area contributed by atoms with Crippen molar-refractivity contribution in [3.8, 4) is 0 Å². The van der Waals surface area contributed by atoms with Crippen LogP contribution in [0.25, 0.3) is 11.0 Å². The van der Waals surface area contributed by atoms with Crippen LogP contribution in [-0.2, 0) is 4.74 Å². The van der Waals surface area contributed by atoms with Gasteiger partial charge in [-0.15, -0.1) is 5.10 Å². The van der Waals surface area contributed by atoms with Crippen molar-refractivity contribution in [3.05, 3.63) is 42.2 Å². The van der Waals surface area contributed by atoms with Crippen molar-refractivity contribution in [1.29, 1.82) is 0 Å². The molecule has 0 saturated carbocycles. The van der Waals surface area contributed by atoms with Gasteiger partial charge in [0.2, 0.25) is 0 Å². The fourth-order valence-corrected chi connectivity index (χ4v) is 3.28. The molecule has 0 bridgehead atoms. The van der Waals surface area contributed by atoms with E-state index in [2.05, 4.69) is 52.2 Å². The molecule has 1 aliphatic heterocycles. The molecule has 7 heteroatoms. The Kier molecular flexibility index (Phi) is 5.85. The first-order valence-electron chi connectivity index (χ1n) is 10.4. The smallest absolute Gasteiger partial charge is 0.154 e. The highest BCUT2D eigenvalue weighted by atomic mass is 16.5. The molecule has 1 N–H and O–H groups in total. The number of nitrogens with zero attached hydrogens (tertiary/aromatic N) is 5. The predicted octanol–water partition coefficient (Wildman–Crippen LogP) is 4.29. The lowest BCUT2D eigenvalue weighted by atomic mass is 10.1. The number of anilines is 3. The van der Waals surface area contributed by atoms with Crippen LogP contribution in [0.1, 0.15) is 45.1 Å². The van der Waals surface area contributed by atoms with Crippen LogP contribution < -0.4 is 10.2 Å². The van der Waals surface area contributed by atoms with Crippen molar-refractivity contribution in [3.63, 3.8) is 0 Å². The SMILES string of the molecule is CCCCOC1CN(c2cnc3ccc(Nc4cc(C(C)C)cnn4)nc3c2)C1. The highest BCUT2D eigenvalue weighted by molar-refractivity contribution is 5.80. The molecule has 0 aromatic carbocycles. The van der Waals surface area contributed by atoms with E-state index in [0.29, 0.717) is 17.8 Å². The number of rotatable bonds is 8. The molecule has 0 unspecified atom stereocenters. The first-order valence-corrected chi connectivity index (χ1v) is 10.4. The van der Waals surface area contributed by atoms with Gasteiger partial charge in [-0.1, -0.05) is 27.2 Å². The molecule has 7 nitrogen and oxygen atoms in total. The largest absolute Gasteiger partial charge is 0.375 e. The quantitative estimate of drug-likeness (QED) is 0.573. The molecule has 0 atom stereocenters. The minimum atomic E-state index is 0.324. The van der Waals surface area contributed by atoms with Crippen LogP contribution in [0.15, 0.2) is 36.7 Å². The highest BCUT2D eigenvalue weighted by Crippen LogP contribution is 2.26. The third-order valence-corrected chi connectivity index (χ3v) is 5.19. The summed E-state index contributed by atoms with van der Waals surface area (Å²) in [7, 11) is 0. The Morgan fingerprint density at radius 1 is 1.14 bits per heavy atom. The highest BCUT2D eigenvalue weighted by Gasteiger charge is 2.27. The van der Waals surface area contributed by atoms with Crippen molar-refractivity contribution < 1.29 is 4.74 Å². The van der Waals surface area contributed by atoms with Gasteiger partial charge < -0.3 is 15.0 Å². The van der Waals surface area contributed by atoms with Gasteiger partial charge >= 0.3 is 0 Å². The Balaban J connectivity index is 1.46. The fourth-order valence-electron chi connectivity index (χ4n) is 3.28. The number of aromatic nitrogens is 4. The monoisotopic (exact) mass is 392 g/mol. The molecule has 1 aliphatic rings. The van der Waals surface area contributed by atoms with Crippen molar-refractivity contribution in [2.24, 2.45) is 0 Å². The minimum absolute atomic E-state index is 0.324. The molecular weight excluding hydrogens is 364 g/mol. The molecule has 3 aromatic rings. The first kappa shape index (κ1) is 19.5. The van der Waals surface area contributed by atoms with Crippen LogP contribution in [-0.4, -0.2) is 46.0 Å². The zero-order valence-corrected chi connectivity index (χ0v) is 17.3. The molecular formula is C22H28N6O. The lowest BCUT2D eigenvalue weighted by Gasteiger charge is -2.40. The lowest BCUT2D eigenvalue weighted by molar-refractivity contribution is 0.0327. The van der Waals surface area contributed by atoms with Crippen molar-refractivity contribution >= 4 is 28.4 Å². The van der Waals surface area contributed by atoms with Gasteiger partial charge in [0.05, 0.1) is 35.2 Å². The zero-order valence-electron chi connectivity index (χ0n) is 17.3. The van der Waals surface area contributed by atoms with Crippen LogP contribution >= 0.6 is 0 Å². The van der Waals surface area contributed by atoms with Crippen LogP contribution in [0.2, 0.25) is 0 Å². The number of fused-ring (bicyclic) bond motifs is 1. The van der Waals surface area contributed by atoms with E-state index in [4.69, 9.17) is 9.72 Å². The van der Waals surface area contributed by atoms with E-state index < -0.39 is 0 Å². The average molecular weight is 393 g/mol. The molecule has 1 saturated heterocycles. The first-order chi connectivity index (χ1) is 14.1. The Bertz CT molecular complexity index is 970. The molecule has 152 valence electrons. The van der Waals surface area contributed by atoms with E-state index in [0.717, 1.165) is 54.2 Å². The van der Waals surface area contributed by atoms with E-state index in [1.807, 2.05) is 24.4 Å². The van der Waals surface area contributed by atoms with Gasteiger partial charge in [-0.25, -0.2) is 4.98 Å². The number of hydrogen-bond donors (Lipinski definition) is 1. The third-order valence-electron chi connectivity index (χ3n) is 5.19. The molecule has 29 heavy (non-hydrogen) atoms. The maximum absolute atomic E-state index is 5.87. The van der Waals surface area contributed by atoms with Crippen LogP contribution in [0.4, 0.5) is 17.3 Å². The normalized spacial score (nSPS) is 14.4. The number of ether oxygens (including phenoxy) is 1. The summed E-state index contributed by atoms with van der Waals surface area (Å²) in [5.41, 5.74) is 3.95. The van der Waals surface area contributed by atoms with E-state index in [9.17, 15) is 0 Å². The maximum atomic E-state index is 5.87. The molecule has 0 amide bonds. The number of unbranched alkanes of at least 4 members (excludes halogenated alkanes) is 1. The Labute approximate surface area is 171 Å². The Morgan fingerprint density at radius 3 is 2.79 bits per heavy atom. The molecule has 0 spiro atoms. The van der Waals surface area contributed by atoms with Gasteiger partial charge in [0.1, 0.15) is 5.82 Å². The second-order valence-electron chi connectivity index (χ2n) is 7.83. The standard InChI is InChI=1S/C22H28N6O/c1-4-5-8-29-18-13-28(14-18)17-10-20-19(23-12-17)6-7-21(25-20)26-22-9-16(15(2)3)11-24-27-22/h6-7,9-12,15,18H,4-5,8,13-14H2,1-3H3,(H,25,26,27). The lowest BCUT2D eigenvalue weighted by Crippen LogP contribution is -2.52. The summed E-state index contributed by atoms with van der Waals surface area (Å²) >= 11 is 0. The van der Waals surface area contributed by atoms with Crippen molar-refractivity contribution in [2.75, 3.05) is 29.9 Å². The summed E-state index contributed by atoms with van der Waals surface area (Å²) in [6.45, 7) is 9.12. The molecule has 4 rings (SSSR count). The van der Waals surface area contributed by atoms with Gasteiger partial charge in [0.15, 0.2) is 5.82 Å².